The Labute approximate surface area is 85.5 Å². The number of rotatable bonds is 5. The lowest BCUT2D eigenvalue weighted by Crippen LogP contribution is -2.07. The van der Waals surface area contributed by atoms with Crippen LogP contribution in [0.1, 0.15) is 26.0 Å². The maximum Gasteiger partial charge on any atom is 0.126 e. The Morgan fingerprint density at radius 3 is 2.93 bits per heavy atom. The van der Waals surface area contributed by atoms with Crippen molar-refractivity contribution in [3.05, 3.63) is 23.9 Å². The van der Waals surface area contributed by atoms with Gasteiger partial charge in [0, 0.05) is 7.05 Å². The minimum absolute atomic E-state index is 0.301. The SMILES string of the molecule is CCC(C)OCc1cccc(NC)n1. The summed E-state index contributed by atoms with van der Waals surface area (Å²) in [5.41, 5.74) is 0.970. The summed E-state index contributed by atoms with van der Waals surface area (Å²) in [6.45, 7) is 4.77. The van der Waals surface area contributed by atoms with Crippen molar-refractivity contribution in [1.29, 1.82) is 0 Å². The highest BCUT2D eigenvalue weighted by Gasteiger charge is 2.00. The first-order valence-corrected chi connectivity index (χ1v) is 5.01. The molecule has 3 nitrogen and oxygen atoms in total. The van der Waals surface area contributed by atoms with Crippen LogP contribution in [0.2, 0.25) is 0 Å². The van der Waals surface area contributed by atoms with E-state index in [1.807, 2.05) is 25.2 Å². The molecule has 0 bridgehead atoms. The Kier molecular flexibility index (Phi) is 4.40. The highest BCUT2D eigenvalue weighted by atomic mass is 16.5. The van der Waals surface area contributed by atoms with Gasteiger partial charge >= 0.3 is 0 Å². The van der Waals surface area contributed by atoms with Crippen LogP contribution in [-0.2, 0) is 11.3 Å². The van der Waals surface area contributed by atoms with E-state index >= 15 is 0 Å². The molecule has 0 aromatic carbocycles. The molecule has 0 saturated heterocycles. The molecule has 0 spiro atoms. The second kappa shape index (κ2) is 5.60. The molecular weight excluding hydrogens is 176 g/mol. The van der Waals surface area contributed by atoms with Gasteiger partial charge in [-0.2, -0.15) is 0 Å². The Morgan fingerprint density at radius 1 is 1.50 bits per heavy atom. The van der Waals surface area contributed by atoms with Crippen LogP contribution < -0.4 is 5.32 Å². The zero-order valence-corrected chi connectivity index (χ0v) is 9.08. The molecule has 1 rings (SSSR count). The molecule has 1 aromatic rings. The Morgan fingerprint density at radius 2 is 2.29 bits per heavy atom. The summed E-state index contributed by atoms with van der Waals surface area (Å²) >= 11 is 0. The van der Waals surface area contributed by atoms with Crippen LogP contribution in [0.4, 0.5) is 5.82 Å². The third-order valence-corrected chi connectivity index (χ3v) is 2.15. The van der Waals surface area contributed by atoms with E-state index in [2.05, 4.69) is 24.1 Å². The molecule has 0 radical (unpaired) electrons. The summed E-state index contributed by atoms with van der Waals surface area (Å²) in [7, 11) is 1.86. The van der Waals surface area contributed by atoms with Gasteiger partial charge in [0.15, 0.2) is 0 Å². The first-order chi connectivity index (χ1) is 6.76. The van der Waals surface area contributed by atoms with Crippen molar-refractivity contribution in [3.8, 4) is 0 Å². The first-order valence-electron chi connectivity index (χ1n) is 5.01. The molecule has 0 saturated carbocycles. The standard InChI is InChI=1S/C11H18N2O/c1-4-9(2)14-8-10-6-5-7-11(12-3)13-10/h5-7,9H,4,8H2,1-3H3,(H,12,13). The summed E-state index contributed by atoms with van der Waals surface area (Å²) in [4.78, 5) is 4.36. The number of nitrogens with zero attached hydrogens (tertiary/aromatic N) is 1. The number of aromatic nitrogens is 1. The van der Waals surface area contributed by atoms with Gasteiger partial charge in [-0.05, 0) is 25.5 Å². The third-order valence-electron chi connectivity index (χ3n) is 2.15. The number of anilines is 1. The lowest BCUT2D eigenvalue weighted by atomic mass is 10.3. The molecule has 1 aromatic heterocycles. The van der Waals surface area contributed by atoms with Gasteiger partial charge in [0.1, 0.15) is 5.82 Å². The van der Waals surface area contributed by atoms with Gasteiger partial charge in [-0.25, -0.2) is 4.98 Å². The van der Waals surface area contributed by atoms with E-state index < -0.39 is 0 Å². The van der Waals surface area contributed by atoms with Gasteiger partial charge in [-0.15, -0.1) is 0 Å². The van der Waals surface area contributed by atoms with Crippen molar-refractivity contribution in [1.82, 2.24) is 4.98 Å². The van der Waals surface area contributed by atoms with Gasteiger partial charge in [0.25, 0.3) is 0 Å². The third kappa shape index (κ3) is 3.34. The summed E-state index contributed by atoms with van der Waals surface area (Å²) in [5, 5.41) is 3.00. The van der Waals surface area contributed by atoms with Crippen LogP contribution in [0.15, 0.2) is 18.2 Å². The van der Waals surface area contributed by atoms with Crippen LogP contribution in [-0.4, -0.2) is 18.1 Å². The van der Waals surface area contributed by atoms with Crippen molar-refractivity contribution in [2.75, 3.05) is 12.4 Å². The topological polar surface area (TPSA) is 34.1 Å². The van der Waals surface area contributed by atoms with E-state index in [9.17, 15) is 0 Å². The van der Waals surface area contributed by atoms with E-state index in [1.165, 1.54) is 0 Å². The molecule has 0 aliphatic heterocycles. The monoisotopic (exact) mass is 194 g/mol. The zero-order chi connectivity index (χ0) is 10.4. The van der Waals surface area contributed by atoms with Gasteiger partial charge < -0.3 is 10.1 Å². The highest BCUT2D eigenvalue weighted by Crippen LogP contribution is 2.07. The van der Waals surface area contributed by atoms with Gasteiger partial charge in [0.05, 0.1) is 18.4 Å². The van der Waals surface area contributed by atoms with Crippen molar-refractivity contribution in [3.63, 3.8) is 0 Å². The maximum atomic E-state index is 5.59. The van der Waals surface area contributed by atoms with E-state index in [-0.39, 0.29) is 0 Å². The molecule has 0 aliphatic carbocycles. The lowest BCUT2D eigenvalue weighted by Gasteiger charge is -2.10. The molecule has 1 N–H and O–H groups in total. The molecule has 0 aliphatic rings. The minimum Gasteiger partial charge on any atom is -0.373 e. The van der Waals surface area contributed by atoms with Crippen LogP contribution in [0.3, 0.4) is 0 Å². The molecule has 0 fully saturated rings. The van der Waals surface area contributed by atoms with Crippen molar-refractivity contribution in [2.24, 2.45) is 0 Å². The summed E-state index contributed by atoms with van der Waals surface area (Å²) in [6, 6.07) is 5.89. The average molecular weight is 194 g/mol. The fourth-order valence-electron chi connectivity index (χ4n) is 1.04. The first kappa shape index (κ1) is 11.0. The Balaban J connectivity index is 2.50. The number of hydrogen-bond acceptors (Lipinski definition) is 3. The zero-order valence-electron chi connectivity index (χ0n) is 9.08. The summed E-state index contributed by atoms with van der Waals surface area (Å²) in [6.07, 6.45) is 1.33. The lowest BCUT2D eigenvalue weighted by molar-refractivity contribution is 0.0489. The van der Waals surface area contributed by atoms with Gasteiger partial charge in [-0.3, -0.25) is 0 Å². The van der Waals surface area contributed by atoms with E-state index in [4.69, 9.17) is 4.74 Å². The fourth-order valence-corrected chi connectivity index (χ4v) is 1.04. The maximum absolute atomic E-state index is 5.59. The van der Waals surface area contributed by atoms with E-state index in [0.29, 0.717) is 12.7 Å². The molecule has 14 heavy (non-hydrogen) atoms. The second-order valence-electron chi connectivity index (χ2n) is 3.29. The number of ether oxygens (including phenoxy) is 1. The Bertz CT molecular complexity index is 276. The van der Waals surface area contributed by atoms with Crippen LogP contribution in [0.25, 0.3) is 0 Å². The number of hydrogen-bond donors (Lipinski definition) is 1. The predicted octanol–water partition coefficient (Wildman–Crippen LogP) is 2.44. The molecule has 0 amide bonds. The number of nitrogens with one attached hydrogen (secondary N) is 1. The fraction of sp³-hybridized carbons (Fsp3) is 0.545. The normalized spacial score (nSPS) is 12.5. The van der Waals surface area contributed by atoms with Crippen LogP contribution in [0.5, 0.6) is 0 Å². The largest absolute Gasteiger partial charge is 0.373 e. The quantitative estimate of drug-likeness (QED) is 0.781. The van der Waals surface area contributed by atoms with Crippen molar-refractivity contribution in [2.45, 2.75) is 33.0 Å². The van der Waals surface area contributed by atoms with Crippen LogP contribution in [0, 0.1) is 0 Å². The smallest absolute Gasteiger partial charge is 0.126 e. The molecule has 1 atom stereocenters. The van der Waals surface area contributed by atoms with Crippen LogP contribution >= 0.6 is 0 Å². The molecule has 3 heteroatoms. The van der Waals surface area contributed by atoms with Crippen molar-refractivity contribution < 1.29 is 4.74 Å². The summed E-state index contributed by atoms with van der Waals surface area (Å²) in [5.74, 6) is 0.884. The average Bonchev–Trinajstić information content (AvgIpc) is 2.26. The summed E-state index contributed by atoms with van der Waals surface area (Å²) < 4.78 is 5.59. The van der Waals surface area contributed by atoms with Gasteiger partial charge in [-0.1, -0.05) is 13.0 Å². The second-order valence-corrected chi connectivity index (χ2v) is 3.29. The molecule has 1 heterocycles. The number of pyridine rings is 1. The van der Waals surface area contributed by atoms with E-state index in [0.717, 1.165) is 17.9 Å². The van der Waals surface area contributed by atoms with Gasteiger partial charge in [0.2, 0.25) is 0 Å². The molecular formula is C11H18N2O. The predicted molar refractivity (Wildman–Crippen MR) is 58.3 cm³/mol. The molecule has 78 valence electrons. The van der Waals surface area contributed by atoms with Crippen molar-refractivity contribution >= 4 is 5.82 Å². The highest BCUT2D eigenvalue weighted by molar-refractivity contribution is 5.33. The Hall–Kier alpha value is -1.09. The minimum atomic E-state index is 0.301. The van der Waals surface area contributed by atoms with E-state index in [1.54, 1.807) is 0 Å². The molecule has 1 unspecified atom stereocenters.